The SMILES string of the molecule is CC(=O)c1cc(Cl)c(F)cc1C. The number of rotatable bonds is 1. The Morgan fingerprint density at radius 1 is 1.50 bits per heavy atom. The highest BCUT2D eigenvalue weighted by Crippen LogP contribution is 2.19. The minimum atomic E-state index is -0.487. The molecule has 0 radical (unpaired) electrons. The van der Waals surface area contributed by atoms with Gasteiger partial charge in [-0.2, -0.15) is 0 Å². The minimum absolute atomic E-state index is 0.00852. The Bertz CT molecular complexity index is 334. The molecule has 0 aliphatic carbocycles. The number of carbonyl (C=O) groups excluding carboxylic acids is 1. The van der Waals surface area contributed by atoms with Gasteiger partial charge in [-0.15, -0.1) is 0 Å². The molecule has 0 bridgehead atoms. The van der Waals surface area contributed by atoms with E-state index in [2.05, 4.69) is 0 Å². The summed E-state index contributed by atoms with van der Waals surface area (Å²) in [6.45, 7) is 3.10. The quantitative estimate of drug-likeness (QED) is 0.617. The Kier molecular flexibility index (Phi) is 2.48. The van der Waals surface area contributed by atoms with Gasteiger partial charge in [-0.3, -0.25) is 4.79 Å². The molecule has 0 saturated carbocycles. The van der Waals surface area contributed by atoms with E-state index in [-0.39, 0.29) is 10.8 Å². The summed E-state index contributed by atoms with van der Waals surface area (Å²) >= 11 is 5.50. The molecule has 0 atom stereocenters. The van der Waals surface area contributed by atoms with Crippen molar-refractivity contribution in [2.45, 2.75) is 13.8 Å². The number of aryl methyl sites for hydroxylation is 1. The van der Waals surface area contributed by atoms with Gasteiger partial charge in [0.1, 0.15) is 5.82 Å². The van der Waals surface area contributed by atoms with Gasteiger partial charge in [0.15, 0.2) is 5.78 Å². The van der Waals surface area contributed by atoms with Crippen LogP contribution in [-0.2, 0) is 0 Å². The van der Waals surface area contributed by atoms with Gasteiger partial charge in [0, 0.05) is 5.56 Å². The van der Waals surface area contributed by atoms with E-state index in [4.69, 9.17) is 11.6 Å². The number of benzene rings is 1. The van der Waals surface area contributed by atoms with E-state index in [1.54, 1.807) is 6.92 Å². The van der Waals surface area contributed by atoms with Gasteiger partial charge in [-0.25, -0.2) is 4.39 Å². The summed E-state index contributed by atoms with van der Waals surface area (Å²) in [6.07, 6.45) is 0. The van der Waals surface area contributed by atoms with Crippen molar-refractivity contribution in [1.29, 1.82) is 0 Å². The smallest absolute Gasteiger partial charge is 0.160 e. The van der Waals surface area contributed by atoms with Crippen molar-refractivity contribution in [2.75, 3.05) is 0 Å². The third-order valence-electron chi connectivity index (χ3n) is 1.65. The van der Waals surface area contributed by atoms with Crippen molar-refractivity contribution >= 4 is 17.4 Å². The number of carbonyl (C=O) groups is 1. The van der Waals surface area contributed by atoms with Crippen LogP contribution in [0.2, 0.25) is 5.02 Å². The van der Waals surface area contributed by atoms with E-state index >= 15 is 0 Å². The molecule has 0 heterocycles. The first-order valence-electron chi connectivity index (χ1n) is 3.49. The number of halogens is 2. The highest BCUT2D eigenvalue weighted by molar-refractivity contribution is 6.31. The van der Waals surface area contributed by atoms with Crippen molar-refractivity contribution in [2.24, 2.45) is 0 Å². The summed E-state index contributed by atoms with van der Waals surface area (Å²) in [4.78, 5) is 10.9. The Hall–Kier alpha value is -0.890. The molecule has 1 aromatic carbocycles. The topological polar surface area (TPSA) is 17.1 Å². The number of Topliss-reactive ketones (excluding diaryl/α,β-unsaturated/α-hetero) is 1. The zero-order chi connectivity index (χ0) is 9.30. The summed E-state index contributed by atoms with van der Waals surface area (Å²) < 4.78 is 12.8. The van der Waals surface area contributed by atoms with E-state index in [1.807, 2.05) is 0 Å². The minimum Gasteiger partial charge on any atom is -0.295 e. The van der Waals surface area contributed by atoms with E-state index in [9.17, 15) is 9.18 Å². The van der Waals surface area contributed by atoms with Crippen LogP contribution in [0.15, 0.2) is 12.1 Å². The van der Waals surface area contributed by atoms with Crippen LogP contribution in [0.1, 0.15) is 22.8 Å². The lowest BCUT2D eigenvalue weighted by Gasteiger charge is -2.02. The summed E-state index contributed by atoms with van der Waals surface area (Å²) in [7, 11) is 0. The number of ketones is 1. The molecule has 0 unspecified atom stereocenters. The molecule has 1 nitrogen and oxygen atoms in total. The third-order valence-corrected chi connectivity index (χ3v) is 1.94. The van der Waals surface area contributed by atoms with E-state index in [1.165, 1.54) is 19.1 Å². The zero-order valence-electron chi connectivity index (χ0n) is 6.82. The number of hydrogen-bond donors (Lipinski definition) is 0. The lowest BCUT2D eigenvalue weighted by Crippen LogP contribution is -1.97. The normalized spacial score (nSPS) is 10.0. The lowest BCUT2D eigenvalue weighted by atomic mass is 10.1. The maximum Gasteiger partial charge on any atom is 0.160 e. The van der Waals surface area contributed by atoms with Gasteiger partial charge in [-0.1, -0.05) is 11.6 Å². The molecule has 1 aromatic rings. The molecule has 64 valence electrons. The molecule has 0 amide bonds. The van der Waals surface area contributed by atoms with Crippen LogP contribution in [0.4, 0.5) is 4.39 Å². The van der Waals surface area contributed by atoms with Crippen molar-refractivity contribution in [3.8, 4) is 0 Å². The standard InChI is InChI=1S/C9H8ClFO/c1-5-3-9(11)8(10)4-7(5)6(2)12/h3-4H,1-2H3. The second-order valence-electron chi connectivity index (χ2n) is 2.64. The summed E-state index contributed by atoms with van der Waals surface area (Å²) in [5.74, 6) is -0.589. The summed E-state index contributed by atoms with van der Waals surface area (Å²) in [5.41, 5.74) is 1.09. The van der Waals surface area contributed by atoms with Gasteiger partial charge in [0.25, 0.3) is 0 Å². The maximum absolute atomic E-state index is 12.8. The molecule has 0 N–H and O–H groups in total. The van der Waals surface area contributed by atoms with E-state index in [0.717, 1.165) is 0 Å². The highest BCUT2D eigenvalue weighted by atomic mass is 35.5. The van der Waals surface area contributed by atoms with Crippen LogP contribution in [0.3, 0.4) is 0 Å². The third kappa shape index (κ3) is 1.64. The van der Waals surface area contributed by atoms with Gasteiger partial charge < -0.3 is 0 Å². The van der Waals surface area contributed by atoms with E-state index in [0.29, 0.717) is 11.1 Å². The highest BCUT2D eigenvalue weighted by Gasteiger charge is 2.08. The monoisotopic (exact) mass is 186 g/mol. The Morgan fingerprint density at radius 2 is 2.08 bits per heavy atom. The van der Waals surface area contributed by atoms with Crippen molar-refractivity contribution in [3.05, 3.63) is 34.1 Å². The lowest BCUT2D eigenvalue weighted by molar-refractivity contribution is 0.101. The van der Waals surface area contributed by atoms with Gasteiger partial charge >= 0.3 is 0 Å². The van der Waals surface area contributed by atoms with Crippen LogP contribution in [0.25, 0.3) is 0 Å². The molecule has 12 heavy (non-hydrogen) atoms. The zero-order valence-corrected chi connectivity index (χ0v) is 7.57. The van der Waals surface area contributed by atoms with Crippen LogP contribution in [0.5, 0.6) is 0 Å². The predicted octanol–water partition coefficient (Wildman–Crippen LogP) is 2.99. The molecule has 3 heteroatoms. The Morgan fingerprint density at radius 3 is 2.58 bits per heavy atom. The number of hydrogen-bond acceptors (Lipinski definition) is 1. The predicted molar refractivity (Wildman–Crippen MR) is 46.2 cm³/mol. The van der Waals surface area contributed by atoms with Crippen molar-refractivity contribution in [1.82, 2.24) is 0 Å². The molecule has 0 spiro atoms. The van der Waals surface area contributed by atoms with Crippen molar-refractivity contribution < 1.29 is 9.18 Å². The molecular weight excluding hydrogens is 179 g/mol. The molecule has 1 rings (SSSR count). The Balaban J connectivity index is 3.33. The second-order valence-corrected chi connectivity index (χ2v) is 3.04. The van der Waals surface area contributed by atoms with Crippen LogP contribution >= 0.6 is 11.6 Å². The molecule has 0 saturated heterocycles. The fraction of sp³-hybridized carbons (Fsp3) is 0.222. The molecule has 0 aromatic heterocycles. The molecule has 0 fully saturated rings. The van der Waals surface area contributed by atoms with Crippen LogP contribution in [-0.4, -0.2) is 5.78 Å². The average molecular weight is 187 g/mol. The molecule has 0 aliphatic rings. The first-order valence-corrected chi connectivity index (χ1v) is 3.86. The fourth-order valence-electron chi connectivity index (χ4n) is 1.03. The molecule has 0 aliphatic heterocycles. The van der Waals surface area contributed by atoms with Gasteiger partial charge in [0.2, 0.25) is 0 Å². The first-order chi connectivity index (χ1) is 5.52. The van der Waals surface area contributed by atoms with Gasteiger partial charge in [-0.05, 0) is 31.5 Å². The average Bonchev–Trinajstić information content (AvgIpc) is 1.96. The largest absolute Gasteiger partial charge is 0.295 e. The maximum atomic E-state index is 12.8. The summed E-state index contributed by atoms with van der Waals surface area (Å²) in [6, 6.07) is 2.62. The van der Waals surface area contributed by atoms with Crippen LogP contribution in [0, 0.1) is 12.7 Å². The van der Waals surface area contributed by atoms with E-state index < -0.39 is 5.82 Å². The summed E-state index contributed by atoms with van der Waals surface area (Å²) in [5, 5.41) is -0.00852. The van der Waals surface area contributed by atoms with Crippen molar-refractivity contribution in [3.63, 3.8) is 0 Å². The molecular formula is C9H8ClFO. The first kappa shape index (κ1) is 9.20. The Labute approximate surface area is 75.2 Å². The fourth-order valence-corrected chi connectivity index (χ4v) is 1.19. The van der Waals surface area contributed by atoms with Gasteiger partial charge in [0.05, 0.1) is 5.02 Å². The van der Waals surface area contributed by atoms with Crippen LogP contribution < -0.4 is 0 Å². The second kappa shape index (κ2) is 3.23.